The van der Waals surface area contributed by atoms with Gasteiger partial charge in [-0.05, 0) is 55.5 Å². The molecule has 8 heteroatoms. The van der Waals surface area contributed by atoms with Gasteiger partial charge in [-0.2, -0.15) is 0 Å². The van der Waals surface area contributed by atoms with Gasteiger partial charge in [-0.1, -0.05) is 18.7 Å². The molecule has 2 N–H and O–H groups in total. The van der Waals surface area contributed by atoms with Gasteiger partial charge in [-0.25, -0.2) is 9.97 Å². The lowest BCUT2D eigenvalue weighted by Gasteiger charge is -2.11. The standard InChI is InChI=1S/C21H22N4O2S2/c1-2-17(26)24-13-7-9-14(10-8-13)25-18(27)11-28-20-19-15-5-3-4-6-16(15)29-21(19)23-12-22-20/h7-10,12H,2-6,11H2,1H3,(H,24,26)(H,25,27). The van der Waals surface area contributed by atoms with Gasteiger partial charge in [0.15, 0.2) is 0 Å². The Balaban J connectivity index is 1.40. The first-order valence-electron chi connectivity index (χ1n) is 9.72. The van der Waals surface area contributed by atoms with Gasteiger partial charge in [0.25, 0.3) is 0 Å². The van der Waals surface area contributed by atoms with Crippen molar-refractivity contribution in [3.05, 3.63) is 41.0 Å². The lowest BCUT2D eigenvalue weighted by Crippen LogP contribution is -2.14. The van der Waals surface area contributed by atoms with Crippen molar-refractivity contribution in [1.29, 1.82) is 0 Å². The lowest BCUT2D eigenvalue weighted by atomic mass is 9.97. The highest BCUT2D eigenvalue weighted by Crippen LogP contribution is 2.39. The molecule has 0 atom stereocenters. The van der Waals surface area contributed by atoms with Crippen LogP contribution in [0.5, 0.6) is 0 Å². The minimum absolute atomic E-state index is 0.0371. The van der Waals surface area contributed by atoms with Crippen molar-refractivity contribution in [2.24, 2.45) is 0 Å². The number of carbonyl (C=O) groups is 2. The monoisotopic (exact) mass is 426 g/mol. The smallest absolute Gasteiger partial charge is 0.234 e. The highest BCUT2D eigenvalue weighted by atomic mass is 32.2. The number of benzene rings is 1. The van der Waals surface area contributed by atoms with Gasteiger partial charge in [-0.3, -0.25) is 9.59 Å². The molecule has 0 radical (unpaired) electrons. The number of nitrogens with one attached hydrogen (secondary N) is 2. The van der Waals surface area contributed by atoms with Crippen LogP contribution in [0.3, 0.4) is 0 Å². The molecule has 150 valence electrons. The molecule has 0 spiro atoms. The second kappa shape index (κ2) is 8.92. The fourth-order valence-electron chi connectivity index (χ4n) is 3.39. The summed E-state index contributed by atoms with van der Waals surface area (Å²) >= 11 is 3.22. The molecule has 2 heterocycles. The van der Waals surface area contributed by atoms with E-state index in [-0.39, 0.29) is 17.6 Å². The Morgan fingerprint density at radius 3 is 2.45 bits per heavy atom. The van der Waals surface area contributed by atoms with Crippen LogP contribution in [0.25, 0.3) is 10.2 Å². The van der Waals surface area contributed by atoms with Crippen LogP contribution in [0.1, 0.15) is 36.6 Å². The molecule has 0 bridgehead atoms. The van der Waals surface area contributed by atoms with Crippen LogP contribution in [-0.4, -0.2) is 27.5 Å². The fourth-order valence-corrected chi connectivity index (χ4v) is 5.51. The van der Waals surface area contributed by atoms with Crippen LogP contribution >= 0.6 is 23.1 Å². The molecule has 3 aromatic rings. The largest absolute Gasteiger partial charge is 0.326 e. The summed E-state index contributed by atoms with van der Waals surface area (Å²) < 4.78 is 0. The molecule has 29 heavy (non-hydrogen) atoms. The summed E-state index contributed by atoms with van der Waals surface area (Å²) in [6, 6.07) is 7.13. The number of aromatic nitrogens is 2. The highest BCUT2D eigenvalue weighted by Gasteiger charge is 2.20. The first kappa shape index (κ1) is 19.8. The minimum atomic E-state index is -0.0868. The number of thiophene rings is 1. The minimum Gasteiger partial charge on any atom is -0.326 e. The predicted octanol–water partition coefficient (Wildman–Crippen LogP) is 4.65. The Labute approximate surface area is 177 Å². The van der Waals surface area contributed by atoms with Crippen LogP contribution in [0.4, 0.5) is 11.4 Å². The Kier molecular flexibility index (Phi) is 6.10. The van der Waals surface area contributed by atoms with E-state index >= 15 is 0 Å². The molecule has 4 rings (SSSR count). The van der Waals surface area contributed by atoms with Gasteiger partial charge in [0, 0.05) is 28.1 Å². The Morgan fingerprint density at radius 2 is 1.72 bits per heavy atom. The Bertz CT molecular complexity index is 1050. The number of thioether (sulfide) groups is 1. The van der Waals surface area contributed by atoms with Crippen LogP contribution in [-0.2, 0) is 22.4 Å². The number of hydrogen-bond acceptors (Lipinski definition) is 6. The first-order valence-corrected chi connectivity index (χ1v) is 11.5. The van der Waals surface area contributed by atoms with Crippen LogP contribution in [0.15, 0.2) is 35.6 Å². The summed E-state index contributed by atoms with van der Waals surface area (Å²) in [5, 5.41) is 7.72. The van der Waals surface area contributed by atoms with E-state index in [4.69, 9.17) is 0 Å². The third kappa shape index (κ3) is 4.59. The fraction of sp³-hybridized carbons (Fsp3) is 0.333. The van der Waals surface area contributed by atoms with Crippen molar-refractivity contribution in [1.82, 2.24) is 9.97 Å². The topological polar surface area (TPSA) is 84.0 Å². The Hall–Kier alpha value is -2.45. The number of carbonyl (C=O) groups excluding carboxylic acids is 2. The second-order valence-corrected chi connectivity index (χ2v) is 8.93. The zero-order valence-electron chi connectivity index (χ0n) is 16.2. The normalized spacial score (nSPS) is 13.1. The van der Waals surface area contributed by atoms with Gasteiger partial charge in [0.05, 0.1) is 5.75 Å². The van der Waals surface area contributed by atoms with E-state index in [1.165, 1.54) is 35.0 Å². The SMILES string of the molecule is CCC(=O)Nc1ccc(NC(=O)CSc2ncnc3sc4c(c23)CCCC4)cc1. The number of fused-ring (bicyclic) bond motifs is 3. The zero-order valence-corrected chi connectivity index (χ0v) is 17.8. The van der Waals surface area contributed by atoms with Gasteiger partial charge >= 0.3 is 0 Å². The first-order chi connectivity index (χ1) is 14.1. The summed E-state index contributed by atoms with van der Waals surface area (Å²) in [4.78, 5) is 35.2. The van der Waals surface area contributed by atoms with Crippen molar-refractivity contribution in [2.75, 3.05) is 16.4 Å². The molecular formula is C21H22N4O2S2. The maximum Gasteiger partial charge on any atom is 0.234 e. The summed E-state index contributed by atoms with van der Waals surface area (Å²) in [5.41, 5.74) is 2.80. The number of hydrogen-bond donors (Lipinski definition) is 2. The quantitative estimate of drug-likeness (QED) is 0.443. The van der Waals surface area contributed by atoms with Crippen LogP contribution in [0, 0.1) is 0 Å². The van der Waals surface area contributed by atoms with E-state index in [1.807, 2.05) is 0 Å². The lowest BCUT2D eigenvalue weighted by molar-refractivity contribution is -0.116. The zero-order chi connectivity index (χ0) is 20.2. The predicted molar refractivity (Wildman–Crippen MR) is 119 cm³/mol. The number of anilines is 2. The van der Waals surface area contributed by atoms with E-state index in [0.29, 0.717) is 12.1 Å². The van der Waals surface area contributed by atoms with Gasteiger partial charge in [0.2, 0.25) is 11.8 Å². The molecule has 0 saturated carbocycles. The third-order valence-corrected chi connectivity index (χ3v) is 7.02. The molecule has 2 aromatic heterocycles. The summed E-state index contributed by atoms with van der Waals surface area (Å²) in [6.45, 7) is 1.80. The molecule has 0 unspecified atom stereocenters. The van der Waals surface area contributed by atoms with Crippen molar-refractivity contribution >= 4 is 56.5 Å². The van der Waals surface area contributed by atoms with Gasteiger partial charge < -0.3 is 10.6 Å². The number of rotatable bonds is 6. The van der Waals surface area contributed by atoms with Gasteiger partial charge in [-0.15, -0.1) is 11.3 Å². The Morgan fingerprint density at radius 1 is 1.03 bits per heavy atom. The molecule has 0 aliphatic heterocycles. The molecule has 6 nitrogen and oxygen atoms in total. The van der Waals surface area contributed by atoms with Crippen molar-refractivity contribution in [3.63, 3.8) is 0 Å². The van der Waals surface area contributed by atoms with E-state index in [1.54, 1.807) is 48.9 Å². The highest BCUT2D eigenvalue weighted by molar-refractivity contribution is 8.00. The van der Waals surface area contributed by atoms with E-state index < -0.39 is 0 Å². The molecule has 1 aliphatic carbocycles. The number of nitrogens with zero attached hydrogens (tertiary/aromatic N) is 2. The molecule has 0 saturated heterocycles. The maximum absolute atomic E-state index is 12.4. The van der Waals surface area contributed by atoms with Gasteiger partial charge in [0.1, 0.15) is 16.2 Å². The molecule has 1 aliphatic rings. The summed E-state index contributed by atoms with van der Waals surface area (Å²) in [7, 11) is 0. The number of amides is 2. The van der Waals surface area contributed by atoms with Crippen LogP contribution < -0.4 is 10.6 Å². The van der Waals surface area contributed by atoms with Crippen molar-refractivity contribution in [3.8, 4) is 0 Å². The van der Waals surface area contributed by atoms with Crippen molar-refractivity contribution in [2.45, 2.75) is 44.1 Å². The molecule has 1 aromatic carbocycles. The summed E-state index contributed by atoms with van der Waals surface area (Å²) in [6.07, 6.45) is 6.65. The van der Waals surface area contributed by atoms with Crippen molar-refractivity contribution < 1.29 is 9.59 Å². The van der Waals surface area contributed by atoms with E-state index in [9.17, 15) is 9.59 Å². The van der Waals surface area contributed by atoms with E-state index in [0.717, 1.165) is 33.8 Å². The molecule has 2 amide bonds. The average Bonchev–Trinajstić information content (AvgIpc) is 3.13. The average molecular weight is 427 g/mol. The third-order valence-electron chi connectivity index (χ3n) is 4.83. The molecule has 0 fully saturated rings. The second-order valence-electron chi connectivity index (χ2n) is 6.89. The van der Waals surface area contributed by atoms with Crippen LogP contribution in [0.2, 0.25) is 0 Å². The van der Waals surface area contributed by atoms with E-state index in [2.05, 4.69) is 20.6 Å². The number of aryl methyl sites for hydroxylation is 2. The summed E-state index contributed by atoms with van der Waals surface area (Å²) in [5.74, 6) is 0.159. The maximum atomic E-state index is 12.4. The molecular weight excluding hydrogens is 404 g/mol.